The minimum atomic E-state index is -4.55. The monoisotopic (exact) mass is 486 g/mol. The third-order valence-corrected chi connectivity index (χ3v) is 5.28. The minimum Gasteiger partial charge on any atom is -0.489 e. The lowest BCUT2D eigenvalue weighted by Crippen LogP contribution is -2.11. The van der Waals surface area contributed by atoms with Gasteiger partial charge in [0.15, 0.2) is 5.78 Å². The van der Waals surface area contributed by atoms with E-state index in [9.17, 15) is 26.7 Å². The molecule has 0 atom stereocenters. The molecule has 0 aliphatic carbocycles. The van der Waals surface area contributed by atoms with Crippen molar-refractivity contribution >= 4 is 5.78 Å². The Balaban J connectivity index is 1.55. The van der Waals surface area contributed by atoms with Crippen molar-refractivity contribution in [3.63, 3.8) is 0 Å². The summed E-state index contributed by atoms with van der Waals surface area (Å²) in [5.41, 5.74) is -0.241. The molecule has 0 bridgehead atoms. The van der Waals surface area contributed by atoms with Gasteiger partial charge in [-0.15, -0.1) is 0 Å². The van der Waals surface area contributed by atoms with Gasteiger partial charge in [0.1, 0.15) is 29.7 Å². The zero-order valence-electron chi connectivity index (χ0n) is 18.2. The van der Waals surface area contributed by atoms with E-state index in [-0.39, 0.29) is 35.7 Å². The first kappa shape index (κ1) is 24.1. The fraction of sp³-hybridized carbons (Fsp3) is 0.154. The average Bonchev–Trinajstić information content (AvgIpc) is 3.29. The van der Waals surface area contributed by atoms with Gasteiger partial charge in [0.05, 0.1) is 12.1 Å². The summed E-state index contributed by atoms with van der Waals surface area (Å²) in [7, 11) is 0. The fourth-order valence-electron chi connectivity index (χ4n) is 3.48. The first-order chi connectivity index (χ1) is 16.7. The number of ether oxygens (including phenoxy) is 1. The van der Waals surface area contributed by atoms with Gasteiger partial charge in [-0.3, -0.25) is 9.48 Å². The lowest BCUT2D eigenvalue weighted by atomic mass is 10.1. The highest BCUT2D eigenvalue weighted by Crippen LogP contribution is 2.33. The number of halogens is 5. The summed E-state index contributed by atoms with van der Waals surface area (Å²) in [4.78, 5) is 12.5. The minimum absolute atomic E-state index is 0.0635. The van der Waals surface area contributed by atoms with Crippen LogP contribution in [-0.4, -0.2) is 15.6 Å². The summed E-state index contributed by atoms with van der Waals surface area (Å²) in [6.45, 7) is 0.0334. The van der Waals surface area contributed by atoms with Crippen LogP contribution in [0.4, 0.5) is 22.0 Å². The van der Waals surface area contributed by atoms with Crippen molar-refractivity contribution in [2.45, 2.75) is 25.7 Å². The van der Waals surface area contributed by atoms with Crippen LogP contribution in [0, 0.1) is 11.6 Å². The van der Waals surface area contributed by atoms with E-state index in [0.717, 1.165) is 29.8 Å². The van der Waals surface area contributed by atoms with E-state index < -0.39 is 35.6 Å². The Hall–Kier alpha value is -4.01. The fourth-order valence-corrected chi connectivity index (χ4v) is 3.48. The molecule has 0 unspecified atom stereocenters. The van der Waals surface area contributed by atoms with Crippen molar-refractivity contribution in [1.82, 2.24) is 9.78 Å². The number of Topliss-reactive ketones (excluding diaryl/α,β-unsaturated/α-hetero) is 1. The number of nitrogens with zero attached hydrogens (tertiary/aromatic N) is 2. The van der Waals surface area contributed by atoms with Gasteiger partial charge < -0.3 is 4.74 Å². The molecule has 180 valence electrons. The Kier molecular flexibility index (Phi) is 6.95. The summed E-state index contributed by atoms with van der Waals surface area (Å²) in [6, 6.07) is 16.9. The summed E-state index contributed by atoms with van der Waals surface area (Å²) in [6.07, 6.45) is -3.68. The Morgan fingerprint density at radius 1 is 0.914 bits per heavy atom. The van der Waals surface area contributed by atoms with Crippen molar-refractivity contribution in [3.8, 4) is 5.75 Å². The van der Waals surface area contributed by atoms with E-state index in [1.165, 1.54) is 29.1 Å². The molecule has 9 heteroatoms. The maximum atomic E-state index is 13.9. The SMILES string of the molecule is O=C(Cc1c(F)cccc1F)c1ccn(Cc2cc(C(F)(F)F)ccc2OCc2ccccc2)n1. The molecule has 0 saturated carbocycles. The molecule has 4 rings (SSSR count). The smallest absolute Gasteiger partial charge is 0.416 e. The average molecular weight is 486 g/mol. The highest BCUT2D eigenvalue weighted by atomic mass is 19.4. The van der Waals surface area contributed by atoms with E-state index in [0.29, 0.717) is 0 Å². The zero-order chi connectivity index (χ0) is 25.0. The molecule has 0 spiro atoms. The van der Waals surface area contributed by atoms with Crippen LogP contribution in [0.3, 0.4) is 0 Å². The van der Waals surface area contributed by atoms with Gasteiger partial charge in [-0.25, -0.2) is 8.78 Å². The highest BCUT2D eigenvalue weighted by molar-refractivity contribution is 5.95. The Bertz CT molecular complexity index is 1310. The highest BCUT2D eigenvalue weighted by Gasteiger charge is 2.31. The second-order valence-corrected chi connectivity index (χ2v) is 7.79. The largest absolute Gasteiger partial charge is 0.489 e. The maximum absolute atomic E-state index is 13.9. The van der Waals surface area contributed by atoms with Gasteiger partial charge in [0.2, 0.25) is 0 Å². The van der Waals surface area contributed by atoms with Crippen molar-refractivity contribution in [2.75, 3.05) is 0 Å². The predicted molar refractivity (Wildman–Crippen MR) is 118 cm³/mol. The molecule has 1 aromatic heterocycles. The molecule has 0 aliphatic heterocycles. The number of aromatic nitrogens is 2. The first-order valence-corrected chi connectivity index (χ1v) is 10.6. The number of carbonyl (C=O) groups excluding carboxylic acids is 1. The van der Waals surface area contributed by atoms with E-state index >= 15 is 0 Å². The molecule has 0 saturated heterocycles. The Morgan fingerprint density at radius 3 is 2.31 bits per heavy atom. The number of ketones is 1. The van der Waals surface area contributed by atoms with Crippen LogP contribution in [0.25, 0.3) is 0 Å². The van der Waals surface area contributed by atoms with Crippen LogP contribution in [0.1, 0.15) is 32.7 Å². The normalized spacial score (nSPS) is 11.5. The van der Waals surface area contributed by atoms with Gasteiger partial charge in [-0.1, -0.05) is 36.4 Å². The van der Waals surface area contributed by atoms with Crippen molar-refractivity contribution in [2.24, 2.45) is 0 Å². The van der Waals surface area contributed by atoms with E-state index in [1.54, 1.807) is 0 Å². The van der Waals surface area contributed by atoms with Gasteiger partial charge >= 0.3 is 6.18 Å². The molecule has 0 N–H and O–H groups in total. The zero-order valence-corrected chi connectivity index (χ0v) is 18.2. The molecule has 0 radical (unpaired) electrons. The summed E-state index contributed by atoms with van der Waals surface area (Å²) < 4.78 is 74.7. The van der Waals surface area contributed by atoms with Crippen LogP contribution in [0.15, 0.2) is 79.0 Å². The molecule has 0 fully saturated rings. The molecule has 4 aromatic rings. The standard InChI is InChI=1S/C26H19F5N2O2/c27-21-7-4-8-22(28)20(21)14-24(34)23-11-12-33(32-23)15-18-13-19(26(29,30)31)9-10-25(18)35-16-17-5-2-1-3-6-17/h1-13H,14-16H2. The van der Waals surface area contributed by atoms with Crippen molar-refractivity contribution in [3.05, 3.63) is 119 Å². The molecule has 1 heterocycles. The molecule has 0 amide bonds. The number of alkyl halides is 3. The Labute approximate surface area is 197 Å². The van der Waals surface area contributed by atoms with Crippen molar-refractivity contribution < 1.29 is 31.5 Å². The Morgan fingerprint density at radius 2 is 1.63 bits per heavy atom. The lowest BCUT2D eigenvalue weighted by Gasteiger charge is -2.15. The van der Waals surface area contributed by atoms with Gasteiger partial charge in [0, 0.05) is 23.7 Å². The van der Waals surface area contributed by atoms with Crippen LogP contribution in [0.5, 0.6) is 5.75 Å². The number of rotatable bonds is 8. The number of hydrogen-bond acceptors (Lipinski definition) is 3. The first-order valence-electron chi connectivity index (χ1n) is 10.6. The quantitative estimate of drug-likeness (QED) is 0.219. The third kappa shape index (κ3) is 5.92. The predicted octanol–water partition coefficient (Wildman–Crippen LogP) is 6.23. The molecule has 0 aliphatic rings. The number of carbonyl (C=O) groups is 1. The van der Waals surface area contributed by atoms with Crippen molar-refractivity contribution in [1.29, 1.82) is 0 Å². The van der Waals surface area contributed by atoms with Crippen LogP contribution < -0.4 is 4.74 Å². The van der Waals surface area contributed by atoms with E-state index in [1.807, 2.05) is 30.3 Å². The summed E-state index contributed by atoms with van der Waals surface area (Å²) in [5.74, 6) is -2.08. The lowest BCUT2D eigenvalue weighted by molar-refractivity contribution is -0.137. The third-order valence-electron chi connectivity index (χ3n) is 5.28. The van der Waals surface area contributed by atoms with E-state index in [4.69, 9.17) is 4.74 Å². The maximum Gasteiger partial charge on any atom is 0.416 e. The van der Waals surface area contributed by atoms with Crippen LogP contribution in [-0.2, 0) is 25.7 Å². The van der Waals surface area contributed by atoms with Crippen LogP contribution >= 0.6 is 0 Å². The second-order valence-electron chi connectivity index (χ2n) is 7.79. The summed E-state index contributed by atoms with van der Waals surface area (Å²) >= 11 is 0. The van der Waals surface area contributed by atoms with Crippen LogP contribution in [0.2, 0.25) is 0 Å². The van der Waals surface area contributed by atoms with Gasteiger partial charge in [0.25, 0.3) is 0 Å². The second kappa shape index (κ2) is 10.1. The topological polar surface area (TPSA) is 44.1 Å². The molecular formula is C26H19F5N2O2. The van der Waals surface area contributed by atoms with E-state index in [2.05, 4.69) is 5.10 Å². The number of hydrogen-bond donors (Lipinski definition) is 0. The molecule has 35 heavy (non-hydrogen) atoms. The number of benzene rings is 3. The molecule has 3 aromatic carbocycles. The summed E-state index contributed by atoms with van der Waals surface area (Å²) in [5, 5.41) is 4.10. The van der Waals surface area contributed by atoms with Gasteiger partial charge in [-0.2, -0.15) is 18.3 Å². The molecule has 4 nitrogen and oxygen atoms in total. The molecular weight excluding hydrogens is 467 g/mol. The van der Waals surface area contributed by atoms with Gasteiger partial charge in [-0.05, 0) is 42.0 Å².